The molecule has 72 valence electrons. The lowest BCUT2D eigenvalue weighted by Crippen LogP contribution is -2.34. The van der Waals surface area contributed by atoms with E-state index in [1.807, 2.05) is 6.92 Å². The first kappa shape index (κ1) is 11.4. The molecule has 0 spiro atoms. The number of rotatable bonds is 6. The number of nitrogens with one attached hydrogen (secondary N) is 2. The summed E-state index contributed by atoms with van der Waals surface area (Å²) < 4.78 is 0. The molecule has 0 aromatic carbocycles. The predicted octanol–water partition coefficient (Wildman–Crippen LogP) is -0.517. The van der Waals surface area contributed by atoms with Crippen LogP contribution in [0.3, 0.4) is 0 Å². The molecule has 12 heavy (non-hydrogen) atoms. The van der Waals surface area contributed by atoms with Gasteiger partial charge in [0.25, 0.3) is 0 Å². The molecule has 0 aromatic heterocycles. The van der Waals surface area contributed by atoms with Crippen molar-refractivity contribution in [3.05, 3.63) is 0 Å². The van der Waals surface area contributed by atoms with Crippen LogP contribution in [0, 0.1) is 0 Å². The highest BCUT2D eigenvalue weighted by Gasteiger charge is 1.95. The van der Waals surface area contributed by atoms with Gasteiger partial charge in [-0.3, -0.25) is 4.79 Å². The molecule has 0 radical (unpaired) electrons. The summed E-state index contributed by atoms with van der Waals surface area (Å²) in [7, 11) is 0. The van der Waals surface area contributed by atoms with Crippen LogP contribution < -0.4 is 10.6 Å². The number of amides is 1. The van der Waals surface area contributed by atoms with Gasteiger partial charge in [0.15, 0.2) is 0 Å². The lowest BCUT2D eigenvalue weighted by molar-refractivity contribution is -0.120. The Morgan fingerprint density at radius 3 is 2.67 bits per heavy atom. The maximum absolute atomic E-state index is 10.7. The van der Waals surface area contributed by atoms with E-state index in [1.165, 1.54) is 0 Å². The third-order valence-corrected chi connectivity index (χ3v) is 1.38. The van der Waals surface area contributed by atoms with Crippen LogP contribution in [0.1, 0.15) is 20.3 Å². The van der Waals surface area contributed by atoms with Crippen molar-refractivity contribution in [2.24, 2.45) is 0 Å². The fourth-order valence-electron chi connectivity index (χ4n) is 0.726. The summed E-state index contributed by atoms with van der Waals surface area (Å²) in [6, 6.07) is 0. The van der Waals surface area contributed by atoms with Gasteiger partial charge >= 0.3 is 0 Å². The molecule has 4 nitrogen and oxygen atoms in total. The molecule has 0 aliphatic carbocycles. The SMILES string of the molecule is CCC(=O)NCCNCC(C)O. The maximum atomic E-state index is 10.7. The number of aliphatic hydroxyl groups excluding tert-OH is 1. The Hall–Kier alpha value is -0.610. The molecule has 0 bridgehead atoms. The first-order valence-electron chi connectivity index (χ1n) is 4.32. The van der Waals surface area contributed by atoms with Crippen molar-refractivity contribution < 1.29 is 9.90 Å². The Balaban J connectivity index is 3.05. The Kier molecular flexibility index (Phi) is 6.70. The Morgan fingerprint density at radius 2 is 2.17 bits per heavy atom. The van der Waals surface area contributed by atoms with Gasteiger partial charge in [0.1, 0.15) is 0 Å². The number of hydrogen-bond donors (Lipinski definition) is 3. The fourth-order valence-corrected chi connectivity index (χ4v) is 0.726. The molecule has 1 atom stereocenters. The van der Waals surface area contributed by atoms with E-state index in [-0.39, 0.29) is 12.0 Å². The van der Waals surface area contributed by atoms with Gasteiger partial charge in [-0.2, -0.15) is 0 Å². The minimum absolute atomic E-state index is 0.0637. The standard InChI is InChI=1S/C8H18N2O2/c1-3-8(12)10-5-4-9-6-7(2)11/h7,9,11H,3-6H2,1-2H3,(H,10,12). The van der Waals surface area contributed by atoms with E-state index in [9.17, 15) is 4.79 Å². The second kappa shape index (κ2) is 7.06. The van der Waals surface area contributed by atoms with Gasteiger partial charge in [0.05, 0.1) is 6.10 Å². The molecule has 1 unspecified atom stereocenters. The van der Waals surface area contributed by atoms with Crippen LogP contribution in [0.4, 0.5) is 0 Å². The number of aliphatic hydroxyl groups is 1. The first-order valence-corrected chi connectivity index (χ1v) is 4.32. The third kappa shape index (κ3) is 7.50. The molecular formula is C8H18N2O2. The normalized spacial score (nSPS) is 12.6. The van der Waals surface area contributed by atoms with Crippen molar-refractivity contribution in [3.8, 4) is 0 Å². The number of carbonyl (C=O) groups excluding carboxylic acids is 1. The van der Waals surface area contributed by atoms with Crippen LogP contribution in [0.25, 0.3) is 0 Å². The molecule has 0 aliphatic heterocycles. The summed E-state index contributed by atoms with van der Waals surface area (Å²) in [6.45, 7) is 5.44. The average molecular weight is 174 g/mol. The number of carbonyl (C=O) groups is 1. The lowest BCUT2D eigenvalue weighted by Gasteiger charge is -2.07. The smallest absolute Gasteiger partial charge is 0.219 e. The molecule has 0 rings (SSSR count). The van der Waals surface area contributed by atoms with Crippen molar-refractivity contribution >= 4 is 5.91 Å². The predicted molar refractivity (Wildman–Crippen MR) is 47.9 cm³/mol. The van der Waals surface area contributed by atoms with Gasteiger partial charge in [0, 0.05) is 26.1 Å². The lowest BCUT2D eigenvalue weighted by atomic mass is 10.4. The van der Waals surface area contributed by atoms with Crippen LogP contribution in [0.5, 0.6) is 0 Å². The molecule has 4 heteroatoms. The largest absolute Gasteiger partial charge is 0.392 e. The van der Waals surface area contributed by atoms with E-state index in [0.29, 0.717) is 26.1 Å². The van der Waals surface area contributed by atoms with E-state index in [4.69, 9.17) is 5.11 Å². The second-order valence-electron chi connectivity index (χ2n) is 2.76. The average Bonchev–Trinajstić information content (AvgIpc) is 2.03. The molecule has 3 N–H and O–H groups in total. The minimum atomic E-state index is -0.327. The summed E-state index contributed by atoms with van der Waals surface area (Å²) in [4.78, 5) is 10.7. The summed E-state index contributed by atoms with van der Waals surface area (Å²) in [5, 5.41) is 14.6. The highest BCUT2D eigenvalue weighted by Crippen LogP contribution is 1.75. The van der Waals surface area contributed by atoms with Gasteiger partial charge in [-0.25, -0.2) is 0 Å². The van der Waals surface area contributed by atoms with Crippen LogP contribution in [0.2, 0.25) is 0 Å². The summed E-state index contributed by atoms with van der Waals surface area (Å²) in [5.74, 6) is 0.0637. The van der Waals surface area contributed by atoms with Gasteiger partial charge in [-0.05, 0) is 6.92 Å². The quantitative estimate of drug-likeness (QED) is 0.475. The van der Waals surface area contributed by atoms with Crippen molar-refractivity contribution in [1.29, 1.82) is 0 Å². The fraction of sp³-hybridized carbons (Fsp3) is 0.875. The molecule has 1 amide bonds. The van der Waals surface area contributed by atoms with E-state index in [1.54, 1.807) is 6.92 Å². The van der Waals surface area contributed by atoms with Gasteiger partial charge < -0.3 is 15.7 Å². The summed E-state index contributed by atoms with van der Waals surface area (Å²) in [5.41, 5.74) is 0. The Morgan fingerprint density at radius 1 is 1.50 bits per heavy atom. The van der Waals surface area contributed by atoms with Gasteiger partial charge in [-0.15, -0.1) is 0 Å². The Bertz CT molecular complexity index is 126. The molecule has 0 aliphatic rings. The van der Waals surface area contributed by atoms with E-state index >= 15 is 0 Å². The van der Waals surface area contributed by atoms with Crippen molar-refractivity contribution in [2.45, 2.75) is 26.4 Å². The Labute approximate surface area is 73.3 Å². The summed E-state index contributed by atoms with van der Waals surface area (Å²) >= 11 is 0. The maximum Gasteiger partial charge on any atom is 0.219 e. The third-order valence-electron chi connectivity index (χ3n) is 1.38. The van der Waals surface area contributed by atoms with Crippen molar-refractivity contribution in [1.82, 2.24) is 10.6 Å². The molecule has 0 saturated heterocycles. The molecule has 0 heterocycles. The topological polar surface area (TPSA) is 61.4 Å². The van der Waals surface area contributed by atoms with Crippen LogP contribution in [-0.2, 0) is 4.79 Å². The highest BCUT2D eigenvalue weighted by molar-refractivity contribution is 5.75. The molecular weight excluding hydrogens is 156 g/mol. The zero-order valence-electron chi connectivity index (χ0n) is 7.76. The molecule has 0 fully saturated rings. The van der Waals surface area contributed by atoms with Crippen molar-refractivity contribution in [2.75, 3.05) is 19.6 Å². The molecule has 0 aromatic rings. The zero-order chi connectivity index (χ0) is 9.40. The second-order valence-corrected chi connectivity index (χ2v) is 2.76. The summed E-state index contributed by atoms with van der Waals surface area (Å²) in [6.07, 6.45) is 0.197. The highest BCUT2D eigenvalue weighted by atomic mass is 16.3. The number of hydrogen-bond acceptors (Lipinski definition) is 3. The first-order chi connectivity index (χ1) is 5.66. The van der Waals surface area contributed by atoms with Crippen LogP contribution in [0.15, 0.2) is 0 Å². The zero-order valence-corrected chi connectivity index (χ0v) is 7.76. The van der Waals surface area contributed by atoms with Crippen LogP contribution in [-0.4, -0.2) is 36.8 Å². The van der Waals surface area contributed by atoms with E-state index < -0.39 is 0 Å². The van der Waals surface area contributed by atoms with Gasteiger partial charge in [0.2, 0.25) is 5.91 Å². The van der Waals surface area contributed by atoms with Gasteiger partial charge in [-0.1, -0.05) is 6.92 Å². The van der Waals surface area contributed by atoms with E-state index in [2.05, 4.69) is 10.6 Å². The van der Waals surface area contributed by atoms with Crippen LogP contribution >= 0.6 is 0 Å². The monoisotopic (exact) mass is 174 g/mol. The minimum Gasteiger partial charge on any atom is -0.392 e. The van der Waals surface area contributed by atoms with Crippen molar-refractivity contribution in [3.63, 3.8) is 0 Å². The molecule has 0 saturated carbocycles. The van der Waals surface area contributed by atoms with E-state index in [0.717, 1.165) is 0 Å².